The van der Waals surface area contributed by atoms with Gasteiger partial charge in [-0.1, -0.05) is 39.5 Å². The summed E-state index contributed by atoms with van der Waals surface area (Å²) < 4.78 is 79.9. The molecule has 42 heteroatoms. The van der Waals surface area contributed by atoms with Gasteiger partial charge in [-0.25, -0.2) is 0 Å². The van der Waals surface area contributed by atoms with Crippen LogP contribution in [0.15, 0.2) is 73.9 Å². The fraction of sp³-hybridized carbons (Fsp3) is 0.605. The smallest absolute Gasteiger partial charge is 0.325 e. The molecule has 0 aromatic rings. The van der Waals surface area contributed by atoms with Gasteiger partial charge in [0, 0.05) is 38.0 Å². The first kappa shape index (κ1) is 85.7. The second kappa shape index (κ2) is 35.4. The molecular formula is C76H86N6O33S3. The Morgan fingerprint density at radius 2 is 0.525 bits per heavy atom. The van der Waals surface area contributed by atoms with Crippen LogP contribution in [0.25, 0.3) is 0 Å². The van der Waals surface area contributed by atoms with E-state index < -0.39 is 96.1 Å². The van der Waals surface area contributed by atoms with Crippen LogP contribution in [0.5, 0.6) is 0 Å². The molecule has 0 saturated carbocycles. The van der Waals surface area contributed by atoms with E-state index in [4.69, 9.17) is 71.1 Å². The number of fused-ring (bicyclic) bond motifs is 6. The summed E-state index contributed by atoms with van der Waals surface area (Å²) in [5.74, 6) is -7.88. The molecule has 18 saturated heterocycles. The number of rotatable bonds is 24. The standard InChI is InChI=1S/2C13H15NO6.2C13H15NO5S.C12H13NO6.C12H13NO5S/c2*1-5(2)12(16)14-4-8(15)19-10-7-3-6-9(18-7)11(10)20-13(6)17;2*1-5(2)12(16)14-4-8(15)18-9-7-3-6-11(20-7)10(9)19-13(6)17;1-2-7(14)13-4-8(15)18-10-6-3-5-9(17-6)11(10)19-12(5)16;1-2-7(14)13-4-8(15)17-9-6-3-5-11(19-6)10(9)18-12(5)16/h4*6-7,9-11H,1,3-4H2,2H3,(H,14,16);2*2,5-6,9-11H,1,3-4H2,(H,13,14). The quantitative estimate of drug-likeness (QED) is 0.0323. The van der Waals surface area contributed by atoms with Crippen molar-refractivity contribution in [2.24, 2.45) is 35.5 Å². The zero-order valence-corrected chi connectivity index (χ0v) is 66.3. The van der Waals surface area contributed by atoms with E-state index >= 15 is 0 Å². The molecule has 39 nitrogen and oxygen atoms in total. The van der Waals surface area contributed by atoms with E-state index in [1.54, 1.807) is 63.0 Å². The zero-order chi connectivity index (χ0) is 84.9. The third-order valence-corrected chi connectivity index (χ3v) is 27.8. The minimum Gasteiger partial charge on any atom is -0.457 e. The van der Waals surface area contributed by atoms with E-state index in [1.165, 1.54) is 0 Å². The van der Waals surface area contributed by atoms with Gasteiger partial charge in [-0.05, 0) is 78.4 Å². The third-order valence-electron chi connectivity index (χ3n) is 22.6. The molecule has 18 aliphatic rings. The molecule has 18 fully saturated rings. The molecule has 0 radical (unpaired) electrons. The SMILES string of the molecule is C=C(C)C(=O)NCC(=O)OC1C2CC3C(=O)OC1C3O2.C=C(C)C(=O)NCC(=O)OC1C2CC3C(=O)OC1C3O2.C=C(C)C(=O)NCC(=O)OC1C2CC3C(=O)OC1C3S2.C=C(C)C(=O)NCC(=O)OC1C2CC3C(=O)OC1C3S2.C=CC(=O)NCC(=O)OC1C2CC3C(=O)OC1C3O2.C=CC(=O)NCC(=O)OC1C2CC3C(=O)OC1C3S2. The number of ether oxygens (including phenoxy) is 15. The average Bonchev–Trinajstić information content (AvgIpc) is 1.62. The molecule has 0 spiro atoms. The Kier molecular flexibility index (Phi) is 25.7. The van der Waals surface area contributed by atoms with Crippen molar-refractivity contribution >= 4 is 142 Å². The highest BCUT2D eigenvalue weighted by Gasteiger charge is 2.70. The summed E-state index contributed by atoms with van der Waals surface area (Å²) in [6.45, 7) is 25.3. The molecule has 118 heavy (non-hydrogen) atoms. The lowest BCUT2D eigenvalue weighted by atomic mass is 9.88. The molecule has 30 atom stereocenters. The fourth-order valence-electron chi connectivity index (χ4n) is 17.1. The van der Waals surface area contributed by atoms with Crippen molar-refractivity contribution in [1.29, 1.82) is 0 Å². The van der Waals surface area contributed by atoms with Crippen LogP contribution in [0.4, 0.5) is 0 Å². The molecule has 18 rings (SSSR count). The Bertz CT molecular complexity index is 3860. The van der Waals surface area contributed by atoms with Gasteiger partial charge in [0.25, 0.3) is 0 Å². The van der Waals surface area contributed by atoms with E-state index in [9.17, 15) is 86.3 Å². The van der Waals surface area contributed by atoms with E-state index in [-0.39, 0.29) is 227 Å². The molecule has 0 aliphatic carbocycles. The average molecular weight is 1710 g/mol. The van der Waals surface area contributed by atoms with Crippen LogP contribution < -0.4 is 31.9 Å². The van der Waals surface area contributed by atoms with Gasteiger partial charge in [-0.3, -0.25) is 86.3 Å². The second-order valence-corrected chi connectivity index (χ2v) is 35.0. The number of nitrogens with one attached hydrogen (secondary N) is 6. The molecule has 0 aromatic carbocycles. The van der Waals surface area contributed by atoms with Gasteiger partial charge in [0.1, 0.15) is 57.6 Å². The van der Waals surface area contributed by atoms with Gasteiger partial charge < -0.3 is 103 Å². The van der Waals surface area contributed by atoms with Gasteiger partial charge >= 0.3 is 71.6 Å². The van der Waals surface area contributed by atoms with E-state index in [2.05, 4.69) is 71.4 Å². The van der Waals surface area contributed by atoms with Gasteiger partial charge in [0.2, 0.25) is 35.4 Å². The van der Waals surface area contributed by atoms with Crippen molar-refractivity contribution < 1.29 is 157 Å². The molecule has 30 unspecified atom stereocenters. The Morgan fingerprint density at radius 1 is 0.314 bits per heavy atom. The van der Waals surface area contributed by atoms with Crippen LogP contribution in [-0.4, -0.2) is 288 Å². The molecule has 6 amide bonds. The summed E-state index contributed by atoms with van der Waals surface area (Å²) >= 11 is 5.00. The lowest BCUT2D eigenvalue weighted by molar-refractivity contribution is -0.160. The second-order valence-electron chi connectivity index (χ2n) is 30.7. The van der Waals surface area contributed by atoms with Crippen molar-refractivity contribution in [2.45, 2.75) is 208 Å². The monoisotopic (exact) mass is 1710 g/mol. The lowest BCUT2D eigenvalue weighted by Crippen LogP contribution is -2.42. The Morgan fingerprint density at radius 3 is 0.754 bits per heavy atom. The highest BCUT2D eigenvalue weighted by Crippen LogP contribution is 2.59. The van der Waals surface area contributed by atoms with Crippen molar-refractivity contribution in [3.05, 3.63) is 73.9 Å². The largest absolute Gasteiger partial charge is 0.457 e. The number of carbonyl (C=O) groups excluding carboxylic acids is 18. The Hall–Kier alpha value is -10.2. The Labute approximate surface area is 684 Å². The normalized spacial score (nSPS) is 37.1. The first-order chi connectivity index (χ1) is 56.1. The summed E-state index contributed by atoms with van der Waals surface area (Å²) in [5, 5.41) is 15.1. The van der Waals surface area contributed by atoms with Crippen molar-refractivity contribution in [3.8, 4) is 0 Å². The minimum atomic E-state index is -0.587. The minimum absolute atomic E-state index is 0.0320. The molecule has 18 heterocycles. The number of esters is 12. The van der Waals surface area contributed by atoms with Crippen molar-refractivity contribution in [2.75, 3.05) is 39.3 Å². The maximum atomic E-state index is 11.7. The molecule has 18 aliphatic heterocycles. The predicted octanol–water partition coefficient (Wildman–Crippen LogP) is -2.81. The van der Waals surface area contributed by atoms with Crippen molar-refractivity contribution in [3.63, 3.8) is 0 Å². The third kappa shape index (κ3) is 17.8. The van der Waals surface area contributed by atoms with Crippen LogP contribution in [0.3, 0.4) is 0 Å². The molecule has 0 aromatic heterocycles. The maximum absolute atomic E-state index is 11.7. The van der Waals surface area contributed by atoms with Gasteiger partial charge in [0.15, 0.2) is 73.2 Å². The molecule has 636 valence electrons. The van der Waals surface area contributed by atoms with Crippen LogP contribution in [0, 0.1) is 35.5 Å². The lowest BCUT2D eigenvalue weighted by Gasteiger charge is -2.23. The molecule has 6 N–H and O–H groups in total. The topological polar surface area (TPSA) is 518 Å². The number of hydrogen-bond donors (Lipinski definition) is 6. The van der Waals surface area contributed by atoms with Crippen LogP contribution in [0.1, 0.15) is 66.2 Å². The maximum Gasteiger partial charge on any atom is 0.325 e. The number of carbonyl (C=O) groups is 18. The first-order valence-electron chi connectivity index (χ1n) is 38.0. The highest BCUT2D eigenvalue weighted by molar-refractivity contribution is 8.01. The fourth-order valence-corrected chi connectivity index (χ4v) is 22.7. The van der Waals surface area contributed by atoms with Crippen molar-refractivity contribution in [1.82, 2.24) is 31.9 Å². The summed E-state index contributed by atoms with van der Waals surface area (Å²) in [5.41, 5.74) is 1.30. The van der Waals surface area contributed by atoms with Crippen LogP contribution >= 0.6 is 35.3 Å². The highest BCUT2D eigenvalue weighted by atomic mass is 32.2. The first-order valence-corrected chi connectivity index (χ1v) is 40.8. The summed E-state index contributed by atoms with van der Waals surface area (Å²) in [6.07, 6.45) is -1.25. The van der Waals surface area contributed by atoms with Gasteiger partial charge in [-0.15, -0.1) is 35.3 Å². The zero-order valence-electron chi connectivity index (χ0n) is 63.9. The van der Waals surface area contributed by atoms with E-state index in [1.807, 2.05) is 0 Å². The Balaban J connectivity index is 0.000000123. The number of amides is 6. The molecular weight excluding hydrogens is 1620 g/mol. The summed E-state index contributed by atoms with van der Waals surface area (Å²) in [7, 11) is 0. The number of hydrogen-bond acceptors (Lipinski definition) is 36. The van der Waals surface area contributed by atoms with E-state index in [0.29, 0.717) is 60.8 Å². The predicted molar refractivity (Wildman–Crippen MR) is 396 cm³/mol. The molecule has 12 bridgehead atoms. The van der Waals surface area contributed by atoms with Crippen LogP contribution in [-0.2, 0) is 157 Å². The summed E-state index contributed by atoms with van der Waals surface area (Å²) in [6, 6.07) is 0. The van der Waals surface area contributed by atoms with E-state index in [0.717, 1.165) is 12.2 Å². The van der Waals surface area contributed by atoms with Gasteiger partial charge in [-0.2, -0.15) is 0 Å². The van der Waals surface area contributed by atoms with Gasteiger partial charge in [0.05, 0.1) is 69.6 Å². The van der Waals surface area contributed by atoms with Crippen LogP contribution in [0.2, 0.25) is 0 Å². The summed E-state index contributed by atoms with van der Waals surface area (Å²) in [4.78, 5) is 206. The number of thioether (sulfide) groups is 3.